The predicted octanol–water partition coefficient (Wildman–Crippen LogP) is -0.172. The Balaban J connectivity index is 1.61. The molecular weight excluding hydrogens is 520 g/mol. The molecule has 34 heavy (non-hydrogen) atoms. The number of ether oxygens (including phenoxy) is 2. The molecule has 3 aromatic rings. The van der Waals surface area contributed by atoms with Crippen LogP contribution in [0.25, 0.3) is 11.2 Å². The summed E-state index contributed by atoms with van der Waals surface area (Å²) < 4.78 is 38.1. The Labute approximate surface area is 194 Å². The van der Waals surface area contributed by atoms with Crippen molar-refractivity contribution in [3.8, 4) is 0 Å². The molecule has 0 aliphatic carbocycles. The molecule has 0 saturated carbocycles. The van der Waals surface area contributed by atoms with Crippen molar-refractivity contribution in [3.63, 3.8) is 0 Å². The minimum Gasteiger partial charge on any atom is -0.457 e. The van der Waals surface area contributed by atoms with Crippen molar-refractivity contribution in [3.05, 3.63) is 36.8 Å². The van der Waals surface area contributed by atoms with Gasteiger partial charge in [-0.3, -0.25) is 9.09 Å². The van der Waals surface area contributed by atoms with Crippen molar-refractivity contribution in [2.24, 2.45) is 0 Å². The van der Waals surface area contributed by atoms with Crippen LogP contribution in [0.15, 0.2) is 35.5 Å². The van der Waals surface area contributed by atoms with Crippen molar-refractivity contribution in [2.45, 2.75) is 24.5 Å². The first-order valence-electron chi connectivity index (χ1n) is 9.20. The summed E-state index contributed by atoms with van der Waals surface area (Å²) in [6.45, 7) is -5.33. The molecule has 19 heteroatoms. The van der Waals surface area contributed by atoms with Gasteiger partial charge in [0.25, 0.3) is 0 Å². The number of hydrogen-bond donors (Lipinski definition) is 5. The first-order valence-corrected chi connectivity index (χ1v) is 13.3. The van der Waals surface area contributed by atoms with E-state index in [-0.39, 0.29) is 22.7 Å². The highest BCUT2D eigenvalue weighted by atomic mass is 32.5. The van der Waals surface area contributed by atoms with Crippen molar-refractivity contribution in [2.75, 3.05) is 12.3 Å². The third kappa shape index (κ3) is 5.34. The first kappa shape index (κ1) is 24.8. The van der Waals surface area contributed by atoms with E-state index in [2.05, 4.69) is 35.6 Å². The summed E-state index contributed by atoms with van der Waals surface area (Å²) in [6.07, 6.45) is -1.95. The van der Waals surface area contributed by atoms with E-state index in [1.165, 1.54) is 35.6 Å². The van der Waals surface area contributed by atoms with Crippen LogP contribution in [-0.4, -0.2) is 70.2 Å². The van der Waals surface area contributed by atoms with E-state index in [0.29, 0.717) is 0 Å². The number of esters is 1. The molecule has 4 heterocycles. The van der Waals surface area contributed by atoms with Crippen LogP contribution in [0, 0.1) is 0 Å². The second-order valence-electron chi connectivity index (χ2n) is 6.82. The highest BCUT2D eigenvalue weighted by molar-refractivity contribution is 8.08. The van der Waals surface area contributed by atoms with Crippen molar-refractivity contribution >= 4 is 49.3 Å². The summed E-state index contributed by atoms with van der Waals surface area (Å²) in [4.78, 5) is 52.3. The molecule has 6 N–H and O–H groups in total. The quantitative estimate of drug-likeness (QED) is 0.185. The van der Waals surface area contributed by atoms with E-state index >= 15 is 0 Å². The highest BCUT2D eigenvalue weighted by Gasteiger charge is 2.49. The van der Waals surface area contributed by atoms with Gasteiger partial charge in [0, 0.05) is 0 Å². The fourth-order valence-electron chi connectivity index (χ4n) is 3.17. The number of phosphoric acid groups is 1. The number of aliphatic hydroxyl groups excluding tert-OH is 1. The zero-order chi connectivity index (χ0) is 24.7. The van der Waals surface area contributed by atoms with Gasteiger partial charge < -0.3 is 39.4 Å². The Morgan fingerprint density at radius 1 is 1.29 bits per heavy atom. The Hall–Kier alpha value is -2.30. The van der Waals surface area contributed by atoms with Crippen LogP contribution in [0.4, 0.5) is 5.82 Å². The maximum Gasteiger partial charge on any atom is 0.479 e. The summed E-state index contributed by atoms with van der Waals surface area (Å²) in [5, 5.41) is 10.8. The van der Waals surface area contributed by atoms with Gasteiger partial charge in [0.1, 0.15) is 24.1 Å². The molecule has 1 aliphatic rings. The number of hydrogen-bond acceptors (Lipinski definition) is 13. The average Bonchev–Trinajstić information content (AvgIpc) is 3.46. The number of nitrogen functional groups attached to an aromatic ring is 1. The van der Waals surface area contributed by atoms with Gasteiger partial charge in [-0.15, -0.1) is 0 Å². The van der Waals surface area contributed by atoms with Crippen LogP contribution >= 0.6 is 14.5 Å². The lowest BCUT2D eigenvalue weighted by atomic mass is 10.1. The minimum absolute atomic E-state index is 0.0633. The number of aromatic nitrogens is 4. The summed E-state index contributed by atoms with van der Waals surface area (Å²) >= 11 is 4.15. The SMILES string of the molecule is Nc1ncnc2c1ncn2C1OC(COP(=O)(O)OP(O)(O)=S)C(O)C1OC(=O)c1ccco1. The van der Waals surface area contributed by atoms with E-state index in [1.807, 2.05) is 0 Å². The molecular formula is C15H17N5O11P2S. The molecule has 0 aromatic carbocycles. The number of carbonyl (C=O) groups is 1. The fraction of sp³-hybridized carbons (Fsp3) is 0.333. The number of rotatable bonds is 8. The molecule has 4 rings (SSSR count). The topological polar surface area (TPSA) is 235 Å². The van der Waals surface area contributed by atoms with Crippen molar-refractivity contribution < 1.29 is 51.9 Å². The highest BCUT2D eigenvalue weighted by Crippen LogP contribution is 2.58. The van der Waals surface area contributed by atoms with Crippen LogP contribution in [0.5, 0.6) is 0 Å². The van der Waals surface area contributed by atoms with Crippen LogP contribution in [0.3, 0.4) is 0 Å². The maximum absolute atomic E-state index is 12.5. The van der Waals surface area contributed by atoms with Gasteiger partial charge in [0.15, 0.2) is 23.8 Å². The van der Waals surface area contributed by atoms with Gasteiger partial charge >= 0.3 is 20.5 Å². The average molecular weight is 537 g/mol. The number of fused-ring (bicyclic) bond motifs is 1. The van der Waals surface area contributed by atoms with E-state index in [0.717, 1.165) is 0 Å². The smallest absolute Gasteiger partial charge is 0.457 e. The fourth-order valence-corrected chi connectivity index (χ4v) is 5.52. The van der Waals surface area contributed by atoms with Gasteiger partial charge in [-0.05, 0) is 23.9 Å². The Morgan fingerprint density at radius 3 is 2.74 bits per heavy atom. The lowest BCUT2D eigenvalue weighted by molar-refractivity contribution is -0.0564. The van der Waals surface area contributed by atoms with E-state index in [1.54, 1.807) is 0 Å². The van der Waals surface area contributed by atoms with E-state index in [9.17, 15) is 19.4 Å². The number of carbonyl (C=O) groups excluding carboxylic acids is 1. The summed E-state index contributed by atoms with van der Waals surface area (Å²) in [5.41, 5.74) is 6.19. The molecule has 5 atom stereocenters. The van der Waals surface area contributed by atoms with Crippen LogP contribution in [0.2, 0.25) is 0 Å². The van der Waals surface area contributed by atoms with Crippen molar-refractivity contribution in [1.82, 2.24) is 19.5 Å². The van der Waals surface area contributed by atoms with Crippen LogP contribution in [0.1, 0.15) is 16.8 Å². The number of nitrogens with zero attached hydrogens (tertiary/aromatic N) is 4. The van der Waals surface area contributed by atoms with Crippen LogP contribution < -0.4 is 5.73 Å². The number of imidazole rings is 1. The monoisotopic (exact) mass is 537 g/mol. The Kier molecular flexibility index (Phi) is 6.85. The standard InChI is InChI=1S/C15H17N5O11P2S/c16-12-9-13(18-5-17-12)20(6-19-9)14-11(30-15(22)7-2-1-3-27-7)10(21)8(29-14)4-28-32(23,24)31-33(25,26)34/h1-3,5-6,8,10-11,14,21H,4H2,(H,23,24)(H2,16,17,18)(H2,25,26,34). The number of aliphatic hydroxyl groups is 1. The Morgan fingerprint density at radius 2 is 2.06 bits per heavy atom. The normalized spacial score (nSPS) is 24.8. The number of furan rings is 1. The lowest BCUT2D eigenvalue weighted by Crippen LogP contribution is -2.37. The molecule has 5 unspecified atom stereocenters. The van der Waals surface area contributed by atoms with Gasteiger partial charge in [0.05, 0.1) is 19.2 Å². The molecule has 1 fully saturated rings. The molecule has 1 aliphatic heterocycles. The zero-order valence-electron chi connectivity index (χ0n) is 16.7. The van der Waals surface area contributed by atoms with Crippen LogP contribution in [-0.2, 0) is 34.7 Å². The molecule has 16 nitrogen and oxygen atoms in total. The molecule has 0 spiro atoms. The van der Waals surface area contributed by atoms with Crippen molar-refractivity contribution in [1.29, 1.82) is 0 Å². The molecule has 0 bridgehead atoms. The molecule has 0 radical (unpaired) electrons. The van der Waals surface area contributed by atoms with Gasteiger partial charge in [-0.1, -0.05) is 0 Å². The third-order valence-electron chi connectivity index (χ3n) is 4.55. The van der Waals surface area contributed by atoms with E-state index < -0.39 is 51.7 Å². The predicted molar refractivity (Wildman–Crippen MR) is 113 cm³/mol. The lowest BCUT2D eigenvalue weighted by Gasteiger charge is -2.21. The number of phosphoric ester groups is 1. The molecule has 184 valence electrons. The maximum atomic E-state index is 12.5. The van der Waals surface area contributed by atoms with Gasteiger partial charge in [-0.25, -0.2) is 28.6 Å². The largest absolute Gasteiger partial charge is 0.479 e. The third-order valence-corrected chi connectivity index (χ3v) is 7.30. The number of nitrogens with two attached hydrogens (primary N) is 1. The summed E-state index contributed by atoms with van der Waals surface area (Å²) in [5.74, 6) is -1.02. The number of anilines is 1. The first-order chi connectivity index (χ1) is 16.0. The van der Waals surface area contributed by atoms with Gasteiger partial charge in [0.2, 0.25) is 5.76 Å². The molecule has 0 amide bonds. The summed E-state index contributed by atoms with van der Waals surface area (Å²) in [7, 11) is -5.03. The zero-order valence-corrected chi connectivity index (χ0v) is 19.3. The second-order valence-corrected chi connectivity index (χ2v) is 11.1. The second kappa shape index (κ2) is 9.39. The molecule has 1 saturated heterocycles. The minimum atomic E-state index is -5.03. The summed E-state index contributed by atoms with van der Waals surface area (Å²) in [6, 6.07) is 2.80. The molecule has 3 aromatic heterocycles. The Bertz CT molecular complexity index is 1280. The van der Waals surface area contributed by atoms with Gasteiger partial charge in [-0.2, -0.15) is 0 Å². The van der Waals surface area contributed by atoms with E-state index in [4.69, 9.17) is 29.4 Å².